The molecule has 0 aliphatic rings. The summed E-state index contributed by atoms with van der Waals surface area (Å²) < 4.78 is 1.33. The van der Waals surface area contributed by atoms with Crippen LogP contribution >= 0.6 is 23.1 Å². The molecule has 0 bridgehead atoms. The minimum atomic E-state index is 1.29. The molecule has 0 spiro atoms. The lowest BCUT2D eigenvalue weighted by Crippen LogP contribution is -1.70. The summed E-state index contributed by atoms with van der Waals surface area (Å²) >= 11 is 3.62. The van der Waals surface area contributed by atoms with E-state index in [1.165, 1.54) is 20.2 Å². The molecule has 2 heteroatoms. The van der Waals surface area contributed by atoms with E-state index in [1.807, 2.05) is 17.8 Å². The summed E-state index contributed by atoms with van der Waals surface area (Å²) in [6, 6.07) is 23.3. The van der Waals surface area contributed by atoms with Gasteiger partial charge >= 0.3 is 0 Å². The Balaban J connectivity index is 1.82. The molecule has 3 rings (SSSR count). The third-order valence-electron chi connectivity index (χ3n) is 2.64. The molecule has 0 fully saturated rings. The van der Waals surface area contributed by atoms with Crippen molar-refractivity contribution in [3.05, 3.63) is 72.1 Å². The first-order chi connectivity index (χ1) is 8.92. The molecule has 0 aliphatic heterocycles. The Morgan fingerprint density at radius 3 is 2.11 bits per heavy atom. The van der Waals surface area contributed by atoms with Crippen molar-refractivity contribution in [1.82, 2.24) is 0 Å². The maximum Gasteiger partial charge on any atom is 0.0652 e. The van der Waals surface area contributed by atoms with E-state index in [4.69, 9.17) is 0 Å². The van der Waals surface area contributed by atoms with Gasteiger partial charge < -0.3 is 0 Å². The molecule has 0 saturated heterocycles. The molecule has 1 heterocycles. The molecule has 18 heavy (non-hydrogen) atoms. The SMILES string of the molecule is c1ccc(Sc2cc(-c3ccccc3)cs2)cc1. The summed E-state index contributed by atoms with van der Waals surface area (Å²) in [4.78, 5) is 1.29. The van der Waals surface area contributed by atoms with Crippen LogP contribution in [0.4, 0.5) is 0 Å². The van der Waals surface area contributed by atoms with Crippen molar-refractivity contribution < 1.29 is 0 Å². The van der Waals surface area contributed by atoms with Crippen molar-refractivity contribution in [2.75, 3.05) is 0 Å². The van der Waals surface area contributed by atoms with Crippen LogP contribution in [0.15, 0.2) is 81.2 Å². The Hall–Kier alpha value is -1.51. The molecule has 2 aromatic carbocycles. The van der Waals surface area contributed by atoms with Gasteiger partial charge in [0.05, 0.1) is 4.21 Å². The van der Waals surface area contributed by atoms with Crippen LogP contribution in [-0.4, -0.2) is 0 Å². The molecule has 0 radical (unpaired) electrons. The van der Waals surface area contributed by atoms with E-state index in [2.05, 4.69) is 66.0 Å². The van der Waals surface area contributed by atoms with Crippen molar-refractivity contribution in [2.45, 2.75) is 9.10 Å². The fraction of sp³-hybridized carbons (Fsp3) is 0. The normalized spacial score (nSPS) is 10.4. The highest BCUT2D eigenvalue weighted by Gasteiger charge is 2.03. The quantitative estimate of drug-likeness (QED) is 0.598. The fourth-order valence-corrected chi connectivity index (χ4v) is 3.74. The van der Waals surface area contributed by atoms with Gasteiger partial charge in [-0.05, 0) is 34.7 Å². The topological polar surface area (TPSA) is 0 Å². The molecule has 88 valence electrons. The first kappa shape index (κ1) is 11.6. The molecule has 0 amide bonds. The highest BCUT2D eigenvalue weighted by Crippen LogP contribution is 2.35. The molecular weight excluding hydrogens is 256 g/mol. The molecule has 0 nitrogen and oxygen atoms in total. The van der Waals surface area contributed by atoms with Crippen LogP contribution in [0.2, 0.25) is 0 Å². The minimum Gasteiger partial charge on any atom is -0.136 e. The highest BCUT2D eigenvalue weighted by atomic mass is 32.2. The van der Waals surface area contributed by atoms with Crippen LogP contribution in [0.25, 0.3) is 11.1 Å². The summed E-state index contributed by atoms with van der Waals surface area (Å²) in [7, 11) is 0. The van der Waals surface area contributed by atoms with Gasteiger partial charge in [0.1, 0.15) is 0 Å². The number of hydrogen-bond acceptors (Lipinski definition) is 2. The third-order valence-corrected chi connectivity index (χ3v) is 4.73. The van der Waals surface area contributed by atoms with Gasteiger partial charge in [-0.3, -0.25) is 0 Å². The zero-order chi connectivity index (χ0) is 12.2. The van der Waals surface area contributed by atoms with Crippen molar-refractivity contribution in [1.29, 1.82) is 0 Å². The number of rotatable bonds is 3. The smallest absolute Gasteiger partial charge is 0.0652 e. The van der Waals surface area contributed by atoms with Crippen LogP contribution in [0.3, 0.4) is 0 Å². The van der Waals surface area contributed by atoms with E-state index < -0.39 is 0 Å². The van der Waals surface area contributed by atoms with Gasteiger partial charge in [0.25, 0.3) is 0 Å². The second kappa shape index (κ2) is 5.42. The van der Waals surface area contributed by atoms with Gasteiger partial charge in [0.15, 0.2) is 0 Å². The minimum absolute atomic E-state index is 1.29. The standard InChI is InChI=1S/C16H12S2/c1-3-7-13(8-4-1)14-11-16(17-12-14)18-15-9-5-2-6-10-15/h1-12H. The zero-order valence-electron chi connectivity index (χ0n) is 9.74. The van der Waals surface area contributed by atoms with Crippen LogP contribution in [0.5, 0.6) is 0 Å². The molecule has 0 saturated carbocycles. The lowest BCUT2D eigenvalue weighted by molar-refractivity contribution is 1.46. The molecule has 0 aliphatic carbocycles. The largest absolute Gasteiger partial charge is 0.136 e. The second-order valence-electron chi connectivity index (χ2n) is 3.94. The van der Waals surface area contributed by atoms with Crippen molar-refractivity contribution in [3.8, 4) is 11.1 Å². The summed E-state index contributed by atoms with van der Waals surface area (Å²) in [6.45, 7) is 0. The van der Waals surface area contributed by atoms with Crippen LogP contribution in [0.1, 0.15) is 0 Å². The summed E-state index contributed by atoms with van der Waals surface area (Å²) in [5.74, 6) is 0. The third kappa shape index (κ3) is 2.66. The van der Waals surface area contributed by atoms with Gasteiger partial charge in [0.2, 0.25) is 0 Å². The number of thiophene rings is 1. The van der Waals surface area contributed by atoms with Crippen molar-refractivity contribution in [2.24, 2.45) is 0 Å². The second-order valence-corrected chi connectivity index (χ2v) is 6.22. The van der Waals surface area contributed by atoms with Gasteiger partial charge in [0, 0.05) is 4.90 Å². The first-order valence-electron chi connectivity index (χ1n) is 5.79. The Morgan fingerprint density at radius 1 is 0.722 bits per heavy atom. The predicted molar refractivity (Wildman–Crippen MR) is 80.3 cm³/mol. The van der Waals surface area contributed by atoms with Gasteiger partial charge in [-0.2, -0.15) is 0 Å². The lowest BCUT2D eigenvalue weighted by Gasteiger charge is -1.97. The Kier molecular flexibility index (Phi) is 3.49. The lowest BCUT2D eigenvalue weighted by atomic mass is 10.1. The van der Waals surface area contributed by atoms with E-state index in [0.29, 0.717) is 0 Å². The first-order valence-corrected chi connectivity index (χ1v) is 7.48. The van der Waals surface area contributed by atoms with Crippen LogP contribution < -0.4 is 0 Å². The highest BCUT2D eigenvalue weighted by molar-refractivity contribution is 8.01. The average molecular weight is 268 g/mol. The van der Waals surface area contributed by atoms with Crippen molar-refractivity contribution >= 4 is 23.1 Å². The summed E-state index contributed by atoms with van der Waals surface area (Å²) in [5, 5.41) is 2.22. The molecule has 1 aromatic heterocycles. The van der Waals surface area contributed by atoms with Gasteiger partial charge in [-0.15, -0.1) is 11.3 Å². The van der Waals surface area contributed by atoms with Gasteiger partial charge in [-0.25, -0.2) is 0 Å². The zero-order valence-corrected chi connectivity index (χ0v) is 11.4. The monoisotopic (exact) mass is 268 g/mol. The van der Waals surface area contributed by atoms with E-state index in [-0.39, 0.29) is 0 Å². The molecule has 0 atom stereocenters. The van der Waals surface area contributed by atoms with E-state index in [1.54, 1.807) is 11.3 Å². The Labute approximate surface area is 115 Å². The maximum atomic E-state index is 2.26. The Bertz CT molecular complexity index is 612. The summed E-state index contributed by atoms with van der Waals surface area (Å²) in [6.07, 6.45) is 0. The molecule has 3 aromatic rings. The van der Waals surface area contributed by atoms with Gasteiger partial charge in [-0.1, -0.05) is 60.3 Å². The molecule has 0 N–H and O–H groups in total. The predicted octanol–water partition coefficient (Wildman–Crippen LogP) is 5.57. The van der Waals surface area contributed by atoms with E-state index >= 15 is 0 Å². The van der Waals surface area contributed by atoms with Crippen molar-refractivity contribution in [3.63, 3.8) is 0 Å². The molecule has 0 unspecified atom stereocenters. The Morgan fingerprint density at radius 2 is 1.39 bits per heavy atom. The molecular formula is C16H12S2. The number of benzene rings is 2. The van der Waals surface area contributed by atoms with Crippen LogP contribution in [0, 0.1) is 0 Å². The average Bonchev–Trinajstić information content (AvgIpc) is 2.89. The fourth-order valence-electron chi connectivity index (χ4n) is 1.76. The maximum absolute atomic E-state index is 2.26. The number of hydrogen-bond donors (Lipinski definition) is 0. The van der Waals surface area contributed by atoms with Crippen LogP contribution in [-0.2, 0) is 0 Å². The van der Waals surface area contributed by atoms with E-state index in [9.17, 15) is 0 Å². The summed E-state index contributed by atoms with van der Waals surface area (Å²) in [5.41, 5.74) is 2.59. The van der Waals surface area contributed by atoms with E-state index in [0.717, 1.165) is 0 Å².